The van der Waals surface area contributed by atoms with E-state index in [0.29, 0.717) is 13.0 Å². The predicted octanol–water partition coefficient (Wildman–Crippen LogP) is 2.29. The Morgan fingerprint density at radius 2 is 2.03 bits per heavy atom. The minimum atomic E-state index is -0.202. The molecule has 0 saturated carbocycles. The standard InChI is InChI=1S/C23H21N3O4/c1-24(12-27)11-21(28)25-7-6-16-15-4-2-3-5-18(15)26-10-14-8-19-20(30-13-29-19)9-17(14)23(25)22(16)26/h2-5,8-9,12,23H,6-7,10-11,13H2,1H3/t23-/m1/s1. The zero-order chi connectivity index (χ0) is 20.4. The molecule has 2 amide bonds. The normalized spacial score (nSPS) is 18.2. The molecule has 2 aromatic carbocycles. The summed E-state index contributed by atoms with van der Waals surface area (Å²) in [6, 6.07) is 12.3. The second-order valence-electron chi connectivity index (χ2n) is 8.13. The molecule has 30 heavy (non-hydrogen) atoms. The fourth-order valence-corrected chi connectivity index (χ4v) is 5.14. The van der Waals surface area contributed by atoms with Crippen LogP contribution < -0.4 is 9.47 Å². The second-order valence-corrected chi connectivity index (χ2v) is 8.13. The molecule has 3 aromatic rings. The highest BCUT2D eigenvalue weighted by atomic mass is 16.7. The highest BCUT2D eigenvalue weighted by Gasteiger charge is 2.41. The van der Waals surface area contributed by atoms with E-state index in [9.17, 15) is 9.59 Å². The average molecular weight is 403 g/mol. The molecule has 0 radical (unpaired) electrons. The van der Waals surface area contributed by atoms with Crippen LogP contribution in [0.15, 0.2) is 36.4 Å². The van der Waals surface area contributed by atoms with Crippen LogP contribution in [0.25, 0.3) is 10.9 Å². The number of para-hydroxylation sites is 1. The van der Waals surface area contributed by atoms with Gasteiger partial charge in [0.1, 0.15) is 0 Å². The molecular weight excluding hydrogens is 382 g/mol. The van der Waals surface area contributed by atoms with Gasteiger partial charge in [-0.25, -0.2) is 0 Å². The molecule has 0 fully saturated rings. The van der Waals surface area contributed by atoms with E-state index in [2.05, 4.69) is 28.8 Å². The fraction of sp³-hybridized carbons (Fsp3) is 0.304. The van der Waals surface area contributed by atoms with Gasteiger partial charge in [0.05, 0.1) is 12.6 Å². The van der Waals surface area contributed by atoms with Crippen molar-refractivity contribution in [3.63, 3.8) is 0 Å². The minimum absolute atomic E-state index is 0.0532. The molecule has 7 heteroatoms. The molecule has 0 N–H and O–H groups in total. The number of ether oxygens (including phenoxy) is 2. The zero-order valence-corrected chi connectivity index (χ0v) is 16.6. The maximum absolute atomic E-state index is 13.2. The molecule has 1 aromatic heterocycles. The number of hydrogen-bond donors (Lipinski definition) is 0. The largest absolute Gasteiger partial charge is 0.454 e. The van der Waals surface area contributed by atoms with Gasteiger partial charge in [-0.15, -0.1) is 0 Å². The molecular formula is C23H21N3O4. The van der Waals surface area contributed by atoms with Gasteiger partial charge in [-0.1, -0.05) is 18.2 Å². The molecule has 0 aliphatic carbocycles. The number of carbonyl (C=O) groups excluding carboxylic acids is 2. The Morgan fingerprint density at radius 3 is 2.87 bits per heavy atom. The van der Waals surface area contributed by atoms with Crippen molar-refractivity contribution in [1.82, 2.24) is 14.4 Å². The molecule has 0 unspecified atom stereocenters. The Hall–Kier alpha value is -3.48. The van der Waals surface area contributed by atoms with E-state index in [0.717, 1.165) is 35.6 Å². The van der Waals surface area contributed by atoms with Crippen LogP contribution in [0.1, 0.15) is 28.4 Å². The van der Waals surface area contributed by atoms with Crippen molar-refractivity contribution in [3.8, 4) is 11.5 Å². The number of amides is 2. The van der Waals surface area contributed by atoms with Crippen LogP contribution in [-0.2, 0) is 22.6 Å². The van der Waals surface area contributed by atoms with Gasteiger partial charge in [0.25, 0.3) is 0 Å². The van der Waals surface area contributed by atoms with Gasteiger partial charge in [0.2, 0.25) is 19.1 Å². The second kappa shape index (κ2) is 6.26. The first kappa shape index (κ1) is 17.4. The van der Waals surface area contributed by atoms with E-state index >= 15 is 0 Å². The Labute approximate surface area is 173 Å². The van der Waals surface area contributed by atoms with Crippen LogP contribution in [0.2, 0.25) is 0 Å². The van der Waals surface area contributed by atoms with E-state index in [1.54, 1.807) is 7.05 Å². The van der Waals surface area contributed by atoms with Crippen LogP contribution in [0.3, 0.4) is 0 Å². The molecule has 152 valence electrons. The maximum atomic E-state index is 13.2. The first-order valence-electron chi connectivity index (χ1n) is 10.1. The molecule has 3 aliphatic rings. The zero-order valence-electron chi connectivity index (χ0n) is 16.6. The Balaban J connectivity index is 1.56. The van der Waals surface area contributed by atoms with Gasteiger partial charge in [-0.3, -0.25) is 9.59 Å². The molecule has 0 spiro atoms. The first-order valence-corrected chi connectivity index (χ1v) is 10.1. The third-order valence-corrected chi connectivity index (χ3v) is 6.44. The third kappa shape index (κ3) is 2.32. The number of nitrogens with zero attached hydrogens (tertiary/aromatic N) is 3. The Kier molecular flexibility index (Phi) is 3.63. The lowest BCUT2D eigenvalue weighted by molar-refractivity contribution is -0.137. The molecule has 0 bridgehead atoms. The lowest BCUT2D eigenvalue weighted by atomic mass is 9.87. The van der Waals surface area contributed by atoms with E-state index < -0.39 is 0 Å². The van der Waals surface area contributed by atoms with Gasteiger partial charge in [0.15, 0.2) is 11.5 Å². The van der Waals surface area contributed by atoms with Gasteiger partial charge in [0, 0.05) is 36.7 Å². The number of rotatable bonds is 3. The van der Waals surface area contributed by atoms with Crippen molar-refractivity contribution in [2.75, 3.05) is 26.9 Å². The Bertz CT molecular complexity index is 1210. The highest BCUT2D eigenvalue weighted by Crippen LogP contribution is 2.48. The third-order valence-electron chi connectivity index (χ3n) is 6.44. The smallest absolute Gasteiger partial charge is 0.243 e. The number of aromatic nitrogens is 1. The van der Waals surface area contributed by atoms with E-state index in [1.165, 1.54) is 27.1 Å². The van der Waals surface area contributed by atoms with Gasteiger partial charge < -0.3 is 23.8 Å². The number of fused-ring (bicyclic) bond motifs is 6. The molecule has 0 saturated heterocycles. The van der Waals surface area contributed by atoms with Crippen LogP contribution in [0.5, 0.6) is 11.5 Å². The van der Waals surface area contributed by atoms with Gasteiger partial charge in [-0.05, 0) is 41.3 Å². The summed E-state index contributed by atoms with van der Waals surface area (Å²) < 4.78 is 13.6. The quantitative estimate of drug-likeness (QED) is 0.630. The average Bonchev–Trinajstić information content (AvgIpc) is 3.35. The minimum Gasteiger partial charge on any atom is -0.454 e. The summed E-state index contributed by atoms with van der Waals surface area (Å²) >= 11 is 0. The SMILES string of the molecule is CN(C=O)CC(=O)N1CCc2c3n(c4ccccc24)Cc2cc4c(cc2[C@H]31)OCO4. The van der Waals surface area contributed by atoms with Crippen LogP contribution in [-0.4, -0.2) is 53.6 Å². The number of benzene rings is 2. The van der Waals surface area contributed by atoms with Crippen molar-refractivity contribution in [3.05, 3.63) is 58.8 Å². The Morgan fingerprint density at radius 1 is 1.23 bits per heavy atom. The highest BCUT2D eigenvalue weighted by molar-refractivity contribution is 5.89. The summed E-state index contributed by atoms with van der Waals surface area (Å²) in [7, 11) is 1.63. The summed E-state index contributed by atoms with van der Waals surface area (Å²) in [6.07, 6.45) is 1.49. The lowest BCUT2D eigenvalue weighted by Gasteiger charge is -2.41. The molecule has 7 nitrogen and oxygen atoms in total. The molecule has 4 heterocycles. The first-order chi connectivity index (χ1) is 14.7. The van der Waals surface area contributed by atoms with Crippen LogP contribution in [0.4, 0.5) is 0 Å². The van der Waals surface area contributed by atoms with E-state index in [4.69, 9.17) is 9.47 Å². The number of likely N-dealkylation sites (N-methyl/N-ethyl adjacent to an activating group) is 1. The lowest BCUT2D eigenvalue weighted by Crippen LogP contribution is -2.46. The summed E-state index contributed by atoms with van der Waals surface area (Å²) in [5.74, 6) is 1.42. The van der Waals surface area contributed by atoms with Gasteiger partial charge in [-0.2, -0.15) is 0 Å². The van der Waals surface area contributed by atoms with Crippen molar-refractivity contribution in [2.24, 2.45) is 0 Å². The monoisotopic (exact) mass is 403 g/mol. The van der Waals surface area contributed by atoms with Crippen LogP contribution in [0, 0.1) is 0 Å². The van der Waals surface area contributed by atoms with Crippen molar-refractivity contribution < 1.29 is 19.1 Å². The van der Waals surface area contributed by atoms with Crippen LogP contribution >= 0.6 is 0 Å². The summed E-state index contributed by atoms with van der Waals surface area (Å²) in [4.78, 5) is 27.6. The summed E-state index contributed by atoms with van der Waals surface area (Å²) in [5.41, 5.74) is 5.89. The number of hydrogen-bond acceptors (Lipinski definition) is 4. The molecule has 1 atom stereocenters. The van der Waals surface area contributed by atoms with Crippen molar-refractivity contribution in [2.45, 2.75) is 19.0 Å². The fourth-order valence-electron chi connectivity index (χ4n) is 5.14. The molecule has 6 rings (SSSR count). The molecule has 3 aliphatic heterocycles. The van der Waals surface area contributed by atoms with Crippen molar-refractivity contribution in [1.29, 1.82) is 0 Å². The van der Waals surface area contributed by atoms with E-state index in [-0.39, 0.29) is 25.3 Å². The number of carbonyl (C=O) groups is 2. The topological polar surface area (TPSA) is 64.0 Å². The maximum Gasteiger partial charge on any atom is 0.243 e. The van der Waals surface area contributed by atoms with Crippen molar-refractivity contribution >= 4 is 23.2 Å². The van der Waals surface area contributed by atoms with Gasteiger partial charge >= 0.3 is 0 Å². The van der Waals surface area contributed by atoms with E-state index in [1.807, 2.05) is 17.0 Å². The summed E-state index contributed by atoms with van der Waals surface area (Å²) in [5, 5.41) is 1.25. The summed E-state index contributed by atoms with van der Waals surface area (Å²) in [6.45, 7) is 1.63. The predicted molar refractivity (Wildman–Crippen MR) is 110 cm³/mol.